The topological polar surface area (TPSA) is 34.5 Å². The van der Waals surface area contributed by atoms with Gasteiger partial charge in [0, 0.05) is 40.6 Å². The maximum atomic E-state index is 13.0. The van der Waals surface area contributed by atoms with Gasteiger partial charge in [-0.1, -0.05) is 11.6 Å². The normalized spacial score (nSPS) is 14.9. The number of carbonyl (C=O) groups excluding carboxylic acids is 1. The van der Waals surface area contributed by atoms with Crippen LogP contribution in [0.4, 0.5) is 23.4 Å². The van der Waals surface area contributed by atoms with Crippen molar-refractivity contribution in [3.8, 4) is 5.69 Å². The molecular formula is C20H15ClF4N2O2. The number of aryl methyl sites for hydroxylation is 1. The summed E-state index contributed by atoms with van der Waals surface area (Å²) in [5, 5.41) is 0.517. The Bertz CT molecular complexity index is 1100. The van der Waals surface area contributed by atoms with Gasteiger partial charge in [0.15, 0.2) is 0 Å². The highest BCUT2D eigenvalue weighted by Crippen LogP contribution is 2.36. The first-order valence-corrected chi connectivity index (χ1v) is 9.12. The van der Waals surface area contributed by atoms with E-state index in [0.29, 0.717) is 29.7 Å². The summed E-state index contributed by atoms with van der Waals surface area (Å²) >= 11 is 6.21. The minimum Gasteiger partial charge on any atom is -0.370 e. The fourth-order valence-corrected chi connectivity index (χ4v) is 3.79. The van der Waals surface area contributed by atoms with Gasteiger partial charge in [-0.05, 0) is 48.9 Å². The lowest BCUT2D eigenvalue weighted by Crippen LogP contribution is -2.50. The highest BCUT2D eigenvalue weighted by Gasteiger charge is 2.35. The van der Waals surface area contributed by atoms with E-state index in [1.165, 1.54) is 6.07 Å². The molecule has 0 atom stereocenters. The minimum atomic E-state index is -4.45. The SMILES string of the molecule is Cc1cc(N2CC(C(=O)OF)C2)cc(-n2cc(Cl)c3cc(C(F)(F)F)ccc32)c1. The molecule has 0 aliphatic carbocycles. The lowest BCUT2D eigenvalue weighted by molar-refractivity contribution is -0.189. The van der Waals surface area contributed by atoms with E-state index in [2.05, 4.69) is 4.94 Å². The molecule has 0 saturated carbocycles. The monoisotopic (exact) mass is 426 g/mol. The summed E-state index contributed by atoms with van der Waals surface area (Å²) < 4.78 is 52.8. The molecule has 0 N–H and O–H groups in total. The van der Waals surface area contributed by atoms with Crippen LogP contribution in [-0.4, -0.2) is 23.6 Å². The third-order valence-electron chi connectivity index (χ3n) is 5.06. The van der Waals surface area contributed by atoms with Crippen LogP contribution in [0.5, 0.6) is 0 Å². The molecule has 152 valence electrons. The fraction of sp³-hybridized carbons (Fsp3) is 0.250. The molecule has 0 spiro atoms. The van der Waals surface area contributed by atoms with Crippen molar-refractivity contribution in [3.05, 3.63) is 58.7 Å². The van der Waals surface area contributed by atoms with Crippen LogP contribution in [0.15, 0.2) is 42.6 Å². The quantitative estimate of drug-likeness (QED) is 0.520. The van der Waals surface area contributed by atoms with Crippen molar-refractivity contribution in [2.75, 3.05) is 18.0 Å². The number of alkyl halides is 3. The third-order valence-corrected chi connectivity index (χ3v) is 5.37. The van der Waals surface area contributed by atoms with Gasteiger partial charge in [-0.15, -0.1) is 0 Å². The lowest BCUT2D eigenvalue weighted by atomic mass is 9.99. The van der Waals surface area contributed by atoms with E-state index in [1.807, 2.05) is 30.0 Å². The number of hydrogen-bond acceptors (Lipinski definition) is 3. The summed E-state index contributed by atoms with van der Waals surface area (Å²) in [5.41, 5.74) is 2.22. The summed E-state index contributed by atoms with van der Waals surface area (Å²) in [5.74, 6) is -1.41. The molecule has 1 aromatic heterocycles. The number of rotatable bonds is 3. The summed E-state index contributed by atoms with van der Waals surface area (Å²) in [7, 11) is 0. The van der Waals surface area contributed by atoms with Gasteiger partial charge in [0.25, 0.3) is 0 Å². The predicted molar refractivity (Wildman–Crippen MR) is 101 cm³/mol. The molecule has 4 rings (SSSR count). The average Bonchev–Trinajstić information content (AvgIpc) is 2.95. The number of fused-ring (bicyclic) bond motifs is 1. The van der Waals surface area contributed by atoms with E-state index in [-0.39, 0.29) is 5.02 Å². The van der Waals surface area contributed by atoms with E-state index in [0.717, 1.165) is 23.4 Å². The van der Waals surface area contributed by atoms with Crippen LogP contribution in [0.25, 0.3) is 16.6 Å². The number of halogens is 5. The van der Waals surface area contributed by atoms with Gasteiger partial charge >= 0.3 is 12.1 Å². The molecule has 29 heavy (non-hydrogen) atoms. The molecular weight excluding hydrogens is 412 g/mol. The molecule has 2 aromatic carbocycles. The van der Waals surface area contributed by atoms with Crippen molar-refractivity contribution in [2.45, 2.75) is 13.1 Å². The Morgan fingerprint density at radius 3 is 2.48 bits per heavy atom. The second-order valence-corrected chi connectivity index (χ2v) is 7.51. The Morgan fingerprint density at radius 2 is 1.83 bits per heavy atom. The number of hydrogen-bond donors (Lipinski definition) is 0. The lowest BCUT2D eigenvalue weighted by Gasteiger charge is -2.39. The Labute approximate surface area is 168 Å². The van der Waals surface area contributed by atoms with Crippen LogP contribution in [0.1, 0.15) is 11.1 Å². The van der Waals surface area contributed by atoms with E-state index in [9.17, 15) is 22.5 Å². The van der Waals surface area contributed by atoms with Crippen LogP contribution < -0.4 is 4.90 Å². The average molecular weight is 427 g/mol. The van der Waals surface area contributed by atoms with Crippen LogP contribution in [0.3, 0.4) is 0 Å². The highest BCUT2D eigenvalue weighted by atomic mass is 35.5. The van der Waals surface area contributed by atoms with Gasteiger partial charge in [-0.3, -0.25) is 4.94 Å². The number of aromatic nitrogens is 1. The van der Waals surface area contributed by atoms with E-state index in [4.69, 9.17) is 11.6 Å². The maximum absolute atomic E-state index is 13.0. The van der Waals surface area contributed by atoms with Crippen molar-refractivity contribution >= 4 is 34.2 Å². The van der Waals surface area contributed by atoms with Gasteiger partial charge in [0.05, 0.1) is 22.0 Å². The van der Waals surface area contributed by atoms with Gasteiger partial charge in [-0.25, -0.2) is 4.79 Å². The first-order valence-electron chi connectivity index (χ1n) is 8.74. The molecule has 1 fully saturated rings. The van der Waals surface area contributed by atoms with Crippen LogP contribution in [0, 0.1) is 12.8 Å². The van der Waals surface area contributed by atoms with Crippen molar-refractivity contribution in [1.29, 1.82) is 0 Å². The maximum Gasteiger partial charge on any atom is 0.416 e. The highest BCUT2D eigenvalue weighted by molar-refractivity contribution is 6.35. The van der Waals surface area contributed by atoms with Crippen LogP contribution in [-0.2, 0) is 15.9 Å². The second-order valence-electron chi connectivity index (χ2n) is 7.10. The van der Waals surface area contributed by atoms with Crippen molar-refractivity contribution < 1.29 is 27.4 Å². The third kappa shape index (κ3) is 3.53. The number of anilines is 1. The number of carbonyl (C=O) groups is 1. The Hall–Kier alpha value is -2.74. The standard InChI is InChI=1S/C20H15ClF4N2O2/c1-11-4-14(26-8-12(9-26)19(28)29-25)7-15(5-11)27-10-17(21)16-6-13(20(22,23)24)2-3-18(16)27/h2-7,10,12H,8-9H2,1H3. The Balaban J connectivity index is 1.71. The molecule has 0 amide bonds. The van der Waals surface area contributed by atoms with Crippen molar-refractivity contribution in [1.82, 2.24) is 4.57 Å². The molecule has 1 aliphatic heterocycles. The van der Waals surface area contributed by atoms with Gasteiger partial charge in [0.1, 0.15) is 0 Å². The van der Waals surface area contributed by atoms with Crippen LogP contribution in [0.2, 0.25) is 5.02 Å². The van der Waals surface area contributed by atoms with Gasteiger partial charge in [0.2, 0.25) is 0 Å². The first-order chi connectivity index (χ1) is 13.7. The van der Waals surface area contributed by atoms with Crippen molar-refractivity contribution in [2.24, 2.45) is 5.92 Å². The first kappa shape index (κ1) is 19.6. The molecule has 0 unspecified atom stereocenters. The summed E-state index contributed by atoms with van der Waals surface area (Å²) in [4.78, 5) is 16.4. The fourth-order valence-electron chi connectivity index (χ4n) is 3.55. The van der Waals surface area contributed by atoms with E-state index in [1.54, 1.807) is 10.8 Å². The largest absolute Gasteiger partial charge is 0.416 e. The zero-order chi connectivity index (χ0) is 20.9. The minimum absolute atomic E-state index is 0.212. The predicted octanol–water partition coefficient (Wildman–Crippen LogP) is 5.48. The van der Waals surface area contributed by atoms with E-state index >= 15 is 0 Å². The molecule has 3 aromatic rings. The van der Waals surface area contributed by atoms with Gasteiger partial charge in [-0.2, -0.15) is 13.2 Å². The smallest absolute Gasteiger partial charge is 0.370 e. The molecule has 9 heteroatoms. The second kappa shape index (κ2) is 6.95. The molecule has 0 bridgehead atoms. The summed E-state index contributed by atoms with van der Waals surface area (Å²) in [6, 6.07) is 9.09. The van der Waals surface area contributed by atoms with Gasteiger partial charge < -0.3 is 9.47 Å². The van der Waals surface area contributed by atoms with Crippen molar-refractivity contribution in [3.63, 3.8) is 0 Å². The number of benzene rings is 2. The van der Waals surface area contributed by atoms with E-state index < -0.39 is 23.6 Å². The zero-order valence-electron chi connectivity index (χ0n) is 15.1. The molecule has 1 saturated heterocycles. The molecule has 4 nitrogen and oxygen atoms in total. The zero-order valence-corrected chi connectivity index (χ0v) is 15.9. The summed E-state index contributed by atoms with van der Waals surface area (Å²) in [6.45, 7) is 2.54. The molecule has 0 radical (unpaired) electrons. The molecule has 2 heterocycles. The Kier molecular flexibility index (Phi) is 4.69. The van der Waals surface area contributed by atoms with Crippen LogP contribution >= 0.6 is 11.6 Å². The summed E-state index contributed by atoms with van der Waals surface area (Å²) in [6.07, 6.45) is -2.88. The number of nitrogens with zero attached hydrogens (tertiary/aromatic N) is 2. The molecule has 1 aliphatic rings. The Morgan fingerprint density at radius 1 is 1.14 bits per heavy atom.